The zero-order valence-electron chi connectivity index (χ0n) is 10.6. The van der Waals surface area contributed by atoms with Crippen molar-refractivity contribution in [2.45, 2.75) is 12.8 Å². The zero-order chi connectivity index (χ0) is 14.5. The summed E-state index contributed by atoms with van der Waals surface area (Å²) in [6.45, 7) is 0. The van der Waals surface area contributed by atoms with Crippen LogP contribution in [0.25, 0.3) is 0 Å². The van der Waals surface area contributed by atoms with Gasteiger partial charge in [-0.3, -0.25) is 9.78 Å². The van der Waals surface area contributed by atoms with Crippen LogP contribution in [0.1, 0.15) is 11.1 Å². The Kier molecular flexibility index (Phi) is 4.69. The second kappa shape index (κ2) is 6.48. The highest BCUT2D eigenvalue weighted by atomic mass is 35.5. The van der Waals surface area contributed by atoms with E-state index in [1.165, 1.54) is 18.3 Å². The van der Waals surface area contributed by atoms with E-state index in [1.54, 1.807) is 24.4 Å². The molecule has 0 aliphatic carbocycles. The van der Waals surface area contributed by atoms with Gasteiger partial charge >= 0.3 is 5.97 Å². The van der Waals surface area contributed by atoms with Crippen molar-refractivity contribution in [2.24, 2.45) is 5.92 Å². The molecule has 1 aromatic heterocycles. The van der Waals surface area contributed by atoms with E-state index in [9.17, 15) is 14.3 Å². The largest absolute Gasteiger partial charge is 0.481 e. The topological polar surface area (TPSA) is 50.2 Å². The number of halogens is 2. The van der Waals surface area contributed by atoms with Crippen molar-refractivity contribution in [1.29, 1.82) is 0 Å². The molecule has 1 aromatic carbocycles. The molecule has 2 aromatic rings. The van der Waals surface area contributed by atoms with Crippen LogP contribution < -0.4 is 0 Å². The number of rotatable bonds is 5. The third-order valence-corrected chi connectivity index (χ3v) is 3.38. The Morgan fingerprint density at radius 2 is 2.15 bits per heavy atom. The van der Waals surface area contributed by atoms with Gasteiger partial charge in [0.05, 0.1) is 10.9 Å². The van der Waals surface area contributed by atoms with Crippen LogP contribution in [-0.2, 0) is 17.6 Å². The van der Waals surface area contributed by atoms with E-state index >= 15 is 0 Å². The number of nitrogens with zero attached hydrogens (tertiary/aromatic N) is 1. The number of aromatic nitrogens is 1. The van der Waals surface area contributed by atoms with Gasteiger partial charge in [-0.1, -0.05) is 23.7 Å². The van der Waals surface area contributed by atoms with Gasteiger partial charge in [-0.05, 0) is 42.2 Å². The van der Waals surface area contributed by atoms with Gasteiger partial charge in [-0.2, -0.15) is 0 Å². The molecule has 0 radical (unpaired) electrons. The molecule has 1 unspecified atom stereocenters. The molecule has 0 bridgehead atoms. The quantitative estimate of drug-likeness (QED) is 0.919. The molecule has 0 spiro atoms. The third-order valence-electron chi connectivity index (χ3n) is 3.04. The maximum absolute atomic E-state index is 13.1. The lowest BCUT2D eigenvalue weighted by atomic mass is 9.93. The maximum Gasteiger partial charge on any atom is 0.307 e. The van der Waals surface area contributed by atoms with Crippen molar-refractivity contribution in [1.82, 2.24) is 4.98 Å². The highest BCUT2D eigenvalue weighted by Gasteiger charge is 2.20. The lowest BCUT2D eigenvalue weighted by Gasteiger charge is -2.13. The first-order valence-corrected chi connectivity index (χ1v) is 6.49. The van der Waals surface area contributed by atoms with E-state index in [1.807, 2.05) is 0 Å². The zero-order valence-corrected chi connectivity index (χ0v) is 11.3. The predicted octanol–water partition coefficient (Wildman–Crippen LogP) is 3.36. The molecule has 2 rings (SSSR count). The van der Waals surface area contributed by atoms with E-state index in [0.29, 0.717) is 10.6 Å². The first-order valence-electron chi connectivity index (χ1n) is 6.12. The van der Waals surface area contributed by atoms with Gasteiger partial charge in [-0.15, -0.1) is 0 Å². The Balaban J connectivity index is 2.16. The molecule has 0 aliphatic rings. The molecule has 0 aliphatic heterocycles. The van der Waals surface area contributed by atoms with E-state index < -0.39 is 11.9 Å². The summed E-state index contributed by atoms with van der Waals surface area (Å²) >= 11 is 5.99. The van der Waals surface area contributed by atoms with Gasteiger partial charge in [0, 0.05) is 12.4 Å². The number of carboxylic acids is 1. The number of pyridine rings is 1. The summed E-state index contributed by atoms with van der Waals surface area (Å²) in [5.74, 6) is -1.95. The second-order valence-corrected chi connectivity index (χ2v) is 4.95. The van der Waals surface area contributed by atoms with Crippen molar-refractivity contribution in [3.05, 3.63) is 64.7 Å². The second-order valence-electron chi connectivity index (χ2n) is 4.54. The smallest absolute Gasteiger partial charge is 0.307 e. The van der Waals surface area contributed by atoms with E-state index in [0.717, 1.165) is 5.56 Å². The maximum atomic E-state index is 13.1. The van der Waals surface area contributed by atoms with E-state index in [2.05, 4.69) is 4.98 Å². The summed E-state index contributed by atoms with van der Waals surface area (Å²) in [7, 11) is 0. The first kappa shape index (κ1) is 14.5. The van der Waals surface area contributed by atoms with Gasteiger partial charge in [0.1, 0.15) is 5.82 Å². The highest BCUT2D eigenvalue weighted by Crippen LogP contribution is 2.21. The van der Waals surface area contributed by atoms with Crippen LogP contribution >= 0.6 is 11.6 Å². The standard InChI is InChI=1S/C15H13ClFNO2/c16-14-9-18-5-4-11(14)8-12(15(19)20)6-10-2-1-3-13(17)7-10/h1-5,7,9,12H,6,8H2,(H,19,20). The molecular formula is C15H13ClFNO2. The molecule has 20 heavy (non-hydrogen) atoms. The summed E-state index contributed by atoms with van der Waals surface area (Å²) in [4.78, 5) is 15.2. The van der Waals surface area contributed by atoms with Gasteiger partial charge < -0.3 is 5.11 Å². The molecule has 104 valence electrons. The normalized spacial score (nSPS) is 12.1. The van der Waals surface area contributed by atoms with Gasteiger partial charge in [-0.25, -0.2) is 4.39 Å². The Morgan fingerprint density at radius 1 is 1.35 bits per heavy atom. The summed E-state index contributed by atoms with van der Waals surface area (Å²) in [5, 5.41) is 9.75. The van der Waals surface area contributed by atoms with E-state index in [-0.39, 0.29) is 18.7 Å². The average molecular weight is 294 g/mol. The summed E-state index contributed by atoms with van der Waals surface area (Å²) in [6.07, 6.45) is 3.60. The fraction of sp³-hybridized carbons (Fsp3) is 0.200. The highest BCUT2D eigenvalue weighted by molar-refractivity contribution is 6.31. The number of aliphatic carboxylic acids is 1. The molecule has 3 nitrogen and oxygen atoms in total. The van der Waals surface area contributed by atoms with Crippen molar-refractivity contribution < 1.29 is 14.3 Å². The van der Waals surface area contributed by atoms with Crippen LogP contribution in [0, 0.1) is 11.7 Å². The molecule has 5 heteroatoms. The van der Waals surface area contributed by atoms with Crippen LogP contribution in [0.3, 0.4) is 0 Å². The Hall–Kier alpha value is -1.94. The average Bonchev–Trinajstić information content (AvgIpc) is 2.40. The molecule has 1 N–H and O–H groups in total. The Labute approximate surface area is 121 Å². The molecule has 0 amide bonds. The summed E-state index contributed by atoms with van der Waals surface area (Å²) < 4.78 is 13.1. The summed E-state index contributed by atoms with van der Waals surface area (Å²) in [5.41, 5.74) is 1.38. The Morgan fingerprint density at radius 3 is 2.80 bits per heavy atom. The van der Waals surface area contributed by atoms with Crippen molar-refractivity contribution in [3.63, 3.8) is 0 Å². The van der Waals surface area contributed by atoms with Crippen molar-refractivity contribution >= 4 is 17.6 Å². The molecule has 1 atom stereocenters. The monoisotopic (exact) mass is 293 g/mol. The van der Waals surface area contributed by atoms with Crippen LogP contribution in [0.5, 0.6) is 0 Å². The fourth-order valence-corrected chi connectivity index (χ4v) is 2.23. The van der Waals surface area contributed by atoms with Gasteiger partial charge in [0.15, 0.2) is 0 Å². The number of hydrogen-bond donors (Lipinski definition) is 1. The lowest BCUT2D eigenvalue weighted by molar-refractivity contribution is -0.141. The minimum absolute atomic E-state index is 0.256. The van der Waals surface area contributed by atoms with Crippen molar-refractivity contribution in [3.8, 4) is 0 Å². The van der Waals surface area contributed by atoms with Crippen LogP contribution in [-0.4, -0.2) is 16.1 Å². The molecule has 1 heterocycles. The SMILES string of the molecule is O=C(O)C(Cc1cccc(F)c1)Cc1ccncc1Cl. The molecular weight excluding hydrogens is 281 g/mol. The number of carbonyl (C=O) groups is 1. The molecule has 0 saturated heterocycles. The van der Waals surface area contributed by atoms with Gasteiger partial charge in [0.25, 0.3) is 0 Å². The lowest BCUT2D eigenvalue weighted by Crippen LogP contribution is -2.19. The van der Waals surface area contributed by atoms with Crippen LogP contribution in [0.2, 0.25) is 5.02 Å². The number of hydrogen-bond acceptors (Lipinski definition) is 2. The number of carboxylic acid groups (broad SMARTS) is 1. The Bertz CT molecular complexity index is 618. The van der Waals surface area contributed by atoms with Crippen LogP contribution in [0.15, 0.2) is 42.7 Å². The minimum Gasteiger partial charge on any atom is -0.481 e. The minimum atomic E-state index is -0.929. The van der Waals surface area contributed by atoms with Crippen LogP contribution in [0.4, 0.5) is 4.39 Å². The molecule has 0 fully saturated rings. The molecule has 0 saturated carbocycles. The predicted molar refractivity (Wildman–Crippen MR) is 74.2 cm³/mol. The third kappa shape index (κ3) is 3.78. The van der Waals surface area contributed by atoms with E-state index in [4.69, 9.17) is 11.6 Å². The van der Waals surface area contributed by atoms with Gasteiger partial charge in [0.2, 0.25) is 0 Å². The first-order chi connectivity index (χ1) is 9.56. The summed E-state index contributed by atoms with van der Waals surface area (Å²) in [6, 6.07) is 7.67. The number of benzene rings is 1. The van der Waals surface area contributed by atoms with Crippen molar-refractivity contribution in [2.75, 3.05) is 0 Å². The fourth-order valence-electron chi connectivity index (χ4n) is 2.03.